The van der Waals surface area contributed by atoms with Gasteiger partial charge in [-0.1, -0.05) is 30.3 Å². The first kappa shape index (κ1) is 19.8. The number of rotatable bonds is 9. The molecule has 2 aromatic rings. The molecule has 1 atom stereocenters. The second-order valence-corrected chi connectivity index (χ2v) is 7.75. The minimum absolute atomic E-state index is 0.657. The van der Waals surface area contributed by atoms with Gasteiger partial charge in [-0.15, -0.1) is 0 Å². The van der Waals surface area contributed by atoms with Crippen molar-refractivity contribution in [2.45, 2.75) is 38.5 Å². The lowest BCUT2D eigenvalue weighted by atomic mass is 9.99. The molecule has 0 aliphatic carbocycles. The predicted octanol–water partition coefficient (Wildman–Crippen LogP) is 4.98. The van der Waals surface area contributed by atoms with Crippen LogP contribution in [0.3, 0.4) is 0 Å². The van der Waals surface area contributed by atoms with Crippen LogP contribution in [0.4, 0.5) is 0 Å². The molecule has 1 fully saturated rings. The minimum atomic E-state index is 0.657. The molecule has 0 unspecified atom stereocenters. The summed E-state index contributed by atoms with van der Waals surface area (Å²) in [5.41, 5.74) is 2.69. The maximum absolute atomic E-state index is 6.23. The van der Waals surface area contributed by atoms with Crippen LogP contribution in [0, 0.1) is 5.92 Å². The standard InChI is InChI=1S/C24H33NO2/c1-25-16-8-11-21(18-25)19-27-24-15-6-5-13-22(24)12-4-3-9-20-10-7-14-23(17-20)26-2/h5-7,10,13-15,17,21H,3-4,8-9,11-12,16,18-19H2,1-2H3/t21-/m0/s1. The zero-order chi connectivity index (χ0) is 18.9. The van der Waals surface area contributed by atoms with Crippen LogP contribution in [0.5, 0.6) is 11.5 Å². The van der Waals surface area contributed by atoms with Gasteiger partial charge in [0.1, 0.15) is 11.5 Å². The van der Waals surface area contributed by atoms with Crippen LogP contribution in [-0.2, 0) is 12.8 Å². The number of likely N-dealkylation sites (tertiary alicyclic amines) is 1. The van der Waals surface area contributed by atoms with Gasteiger partial charge >= 0.3 is 0 Å². The van der Waals surface area contributed by atoms with E-state index in [1.165, 1.54) is 43.4 Å². The Labute approximate surface area is 164 Å². The molecular weight excluding hydrogens is 334 g/mol. The van der Waals surface area contributed by atoms with E-state index in [9.17, 15) is 0 Å². The van der Waals surface area contributed by atoms with Crippen LogP contribution in [-0.4, -0.2) is 38.8 Å². The number of methoxy groups -OCH3 is 1. The second-order valence-electron chi connectivity index (χ2n) is 7.75. The molecule has 1 aliphatic rings. The molecule has 0 bridgehead atoms. The van der Waals surface area contributed by atoms with Crippen LogP contribution >= 0.6 is 0 Å². The molecule has 27 heavy (non-hydrogen) atoms. The van der Waals surface area contributed by atoms with Crippen LogP contribution in [0.25, 0.3) is 0 Å². The highest BCUT2D eigenvalue weighted by Gasteiger charge is 2.18. The fourth-order valence-corrected chi connectivity index (χ4v) is 3.94. The SMILES string of the molecule is COc1cccc(CCCCc2ccccc2OC[C@H]2CCCN(C)C2)c1. The summed E-state index contributed by atoms with van der Waals surface area (Å²) in [5, 5.41) is 0. The second kappa shape index (κ2) is 10.4. The topological polar surface area (TPSA) is 21.7 Å². The zero-order valence-electron chi connectivity index (χ0n) is 16.8. The molecular formula is C24H33NO2. The van der Waals surface area contributed by atoms with Crippen LogP contribution in [0.15, 0.2) is 48.5 Å². The van der Waals surface area contributed by atoms with E-state index in [0.717, 1.165) is 37.5 Å². The highest BCUT2D eigenvalue weighted by Crippen LogP contribution is 2.23. The maximum Gasteiger partial charge on any atom is 0.122 e. The first-order valence-electron chi connectivity index (χ1n) is 10.3. The third-order valence-corrected chi connectivity index (χ3v) is 5.46. The molecule has 0 radical (unpaired) electrons. The Kier molecular flexibility index (Phi) is 7.58. The Balaban J connectivity index is 1.45. The van der Waals surface area contributed by atoms with E-state index in [1.54, 1.807) is 7.11 Å². The molecule has 3 nitrogen and oxygen atoms in total. The number of hydrogen-bond acceptors (Lipinski definition) is 3. The van der Waals surface area contributed by atoms with Crippen LogP contribution in [0.1, 0.15) is 36.8 Å². The van der Waals surface area contributed by atoms with Crippen molar-refractivity contribution in [1.29, 1.82) is 0 Å². The summed E-state index contributed by atoms with van der Waals surface area (Å²) in [6, 6.07) is 16.9. The third kappa shape index (κ3) is 6.28. The van der Waals surface area contributed by atoms with Crippen molar-refractivity contribution in [2.24, 2.45) is 5.92 Å². The van der Waals surface area contributed by atoms with Crippen molar-refractivity contribution in [3.63, 3.8) is 0 Å². The van der Waals surface area contributed by atoms with Crippen LogP contribution < -0.4 is 9.47 Å². The molecule has 0 spiro atoms. The van der Waals surface area contributed by atoms with E-state index in [2.05, 4.69) is 54.4 Å². The number of ether oxygens (including phenoxy) is 2. The summed E-state index contributed by atoms with van der Waals surface area (Å²) in [5.74, 6) is 2.68. The van der Waals surface area contributed by atoms with E-state index in [0.29, 0.717) is 5.92 Å². The smallest absolute Gasteiger partial charge is 0.122 e. The van der Waals surface area contributed by atoms with Crippen molar-refractivity contribution >= 4 is 0 Å². The van der Waals surface area contributed by atoms with E-state index in [1.807, 2.05) is 6.07 Å². The molecule has 2 aromatic carbocycles. The molecule has 3 rings (SSSR count). The van der Waals surface area contributed by atoms with Crippen LogP contribution in [0.2, 0.25) is 0 Å². The summed E-state index contributed by atoms with van der Waals surface area (Å²) in [4.78, 5) is 2.42. The lowest BCUT2D eigenvalue weighted by Crippen LogP contribution is -2.34. The van der Waals surface area contributed by atoms with E-state index < -0.39 is 0 Å². The first-order valence-corrected chi connectivity index (χ1v) is 10.3. The molecule has 0 saturated carbocycles. The Morgan fingerprint density at radius 2 is 1.89 bits per heavy atom. The average Bonchev–Trinajstić information content (AvgIpc) is 2.70. The number of piperidine rings is 1. The largest absolute Gasteiger partial charge is 0.497 e. The summed E-state index contributed by atoms with van der Waals surface area (Å²) >= 11 is 0. The molecule has 1 heterocycles. The minimum Gasteiger partial charge on any atom is -0.497 e. The quantitative estimate of drug-likeness (QED) is 0.583. The summed E-state index contributed by atoms with van der Waals surface area (Å²) in [6.45, 7) is 3.22. The molecule has 1 saturated heterocycles. The number of aryl methyl sites for hydroxylation is 2. The third-order valence-electron chi connectivity index (χ3n) is 5.46. The number of benzene rings is 2. The van der Waals surface area contributed by atoms with Gasteiger partial charge in [0, 0.05) is 12.5 Å². The Morgan fingerprint density at radius 3 is 2.74 bits per heavy atom. The van der Waals surface area contributed by atoms with Gasteiger partial charge in [-0.2, -0.15) is 0 Å². The molecule has 1 aliphatic heterocycles. The van der Waals surface area contributed by atoms with Gasteiger partial charge in [0.05, 0.1) is 13.7 Å². The lowest BCUT2D eigenvalue weighted by molar-refractivity contribution is 0.150. The molecule has 0 aromatic heterocycles. The van der Waals surface area contributed by atoms with Crippen molar-refractivity contribution < 1.29 is 9.47 Å². The van der Waals surface area contributed by atoms with Crippen molar-refractivity contribution in [3.8, 4) is 11.5 Å². The van der Waals surface area contributed by atoms with Gasteiger partial charge in [-0.3, -0.25) is 0 Å². The van der Waals surface area contributed by atoms with Gasteiger partial charge in [-0.05, 0) is 81.4 Å². The van der Waals surface area contributed by atoms with Gasteiger partial charge < -0.3 is 14.4 Å². The summed E-state index contributed by atoms with van der Waals surface area (Å²) in [7, 11) is 3.93. The Morgan fingerprint density at radius 1 is 1.04 bits per heavy atom. The molecule has 3 heteroatoms. The van der Waals surface area contributed by atoms with Gasteiger partial charge in [0.15, 0.2) is 0 Å². The van der Waals surface area contributed by atoms with Gasteiger partial charge in [0.25, 0.3) is 0 Å². The highest BCUT2D eigenvalue weighted by atomic mass is 16.5. The zero-order valence-corrected chi connectivity index (χ0v) is 16.8. The fourth-order valence-electron chi connectivity index (χ4n) is 3.94. The van der Waals surface area contributed by atoms with E-state index >= 15 is 0 Å². The normalized spacial score (nSPS) is 17.6. The lowest BCUT2D eigenvalue weighted by Gasteiger charge is -2.29. The average molecular weight is 368 g/mol. The Hall–Kier alpha value is -2.00. The van der Waals surface area contributed by atoms with Crippen molar-refractivity contribution in [3.05, 3.63) is 59.7 Å². The summed E-state index contributed by atoms with van der Waals surface area (Å²) < 4.78 is 11.5. The highest BCUT2D eigenvalue weighted by molar-refractivity contribution is 5.33. The number of hydrogen-bond donors (Lipinski definition) is 0. The monoisotopic (exact) mass is 367 g/mol. The van der Waals surface area contributed by atoms with Gasteiger partial charge in [0.2, 0.25) is 0 Å². The van der Waals surface area contributed by atoms with Crippen molar-refractivity contribution in [2.75, 3.05) is 33.9 Å². The summed E-state index contributed by atoms with van der Waals surface area (Å²) in [6.07, 6.45) is 7.08. The van der Waals surface area contributed by atoms with E-state index in [4.69, 9.17) is 9.47 Å². The van der Waals surface area contributed by atoms with E-state index in [-0.39, 0.29) is 0 Å². The molecule has 146 valence electrons. The van der Waals surface area contributed by atoms with Gasteiger partial charge in [-0.25, -0.2) is 0 Å². The molecule has 0 amide bonds. The maximum atomic E-state index is 6.23. The predicted molar refractivity (Wildman–Crippen MR) is 112 cm³/mol. The first-order chi connectivity index (χ1) is 13.2. The molecule has 0 N–H and O–H groups in total. The number of para-hydroxylation sites is 1. The Bertz CT molecular complexity index is 700. The number of nitrogens with zero attached hydrogens (tertiary/aromatic N) is 1. The fraction of sp³-hybridized carbons (Fsp3) is 0.500. The number of unbranched alkanes of at least 4 members (excludes halogenated alkanes) is 1. The van der Waals surface area contributed by atoms with Crippen molar-refractivity contribution in [1.82, 2.24) is 4.90 Å².